The van der Waals surface area contributed by atoms with Crippen molar-refractivity contribution in [2.45, 2.75) is 78.5 Å². The Bertz CT molecular complexity index is 803. The van der Waals surface area contributed by atoms with Gasteiger partial charge >= 0.3 is 47.6 Å². The molecule has 0 aliphatic rings. The predicted octanol–water partition coefficient (Wildman–Crippen LogP) is 2.84. The van der Waals surface area contributed by atoms with Crippen molar-refractivity contribution in [1.82, 2.24) is 0 Å². The summed E-state index contributed by atoms with van der Waals surface area (Å²) in [5.41, 5.74) is 0. The third-order valence-electron chi connectivity index (χ3n) is 4.85. The Balaban J connectivity index is 5.99. The summed E-state index contributed by atoms with van der Waals surface area (Å²) in [6.07, 6.45) is -20.7. The summed E-state index contributed by atoms with van der Waals surface area (Å²) < 4.78 is 228. The van der Waals surface area contributed by atoms with Gasteiger partial charge in [0.2, 0.25) is 0 Å². The molecule has 0 aliphatic heterocycles. The van der Waals surface area contributed by atoms with Gasteiger partial charge in [-0.15, -0.1) is 0 Å². The smallest absolute Gasteiger partial charge is 0.394 e. The second-order valence-corrected chi connectivity index (χ2v) is 7.85. The van der Waals surface area contributed by atoms with E-state index in [-0.39, 0.29) is 0 Å². The van der Waals surface area contributed by atoms with E-state index in [9.17, 15) is 90.0 Å². The zero-order valence-corrected chi connectivity index (χ0v) is 18.2. The van der Waals surface area contributed by atoms with Crippen molar-refractivity contribution < 1.29 is 105 Å². The fraction of sp³-hybridized carbons (Fsp3) is 1.00. The maximum atomic E-state index is 13.8. The lowest BCUT2D eigenvalue weighted by Crippen LogP contribution is -2.74. The Labute approximate surface area is 204 Å². The lowest BCUT2D eigenvalue weighted by molar-refractivity contribution is -0.462. The molecule has 5 N–H and O–H groups in total. The average molecular weight is 628 g/mol. The van der Waals surface area contributed by atoms with E-state index in [1.807, 2.05) is 0 Å². The van der Waals surface area contributed by atoms with Crippen LogP contribution in [0, 0.1) is 0 Å². The minimum Gasteiger partial charge on any atom is -0.394 e. The standard InChI is InChI=1S/C16H17F17O6/c17-9(18,1-5(35)3-39-4-7(37)8(38)6(36)2-34)10(19,20)11(21,22)12(23,24)13(25,26)14(27,28)15(29,30)16(31,32)33/h5-8,34-38H,1-4H2/t5?,6-,7+,8+/m1/s1. The number of ether oxygens (including phenoxy) is 1. The summed E-state index contributed by atoms with van der Waals surface area (Å²) in [6, 6.07) is 0. The van der Waals surface area contributed by atoms with Gasteiger partial charge in [0.1, 0.15) is 18.3 Å². The Kier molecular flexibility index (Phi) is 11.0. The van der Waals surface area contributed by atoms with Crippen LogP contribution in [0.1, 0.15) is 6.42 Å². The van der Waals surface area contributed by atoms with E-state index in [2.05, 4.69) is 4.74 Å². The predicted molar refractivity (Wildman–Crippen MR) is 87.2 cm³/mol. The molecule has 0 saturated heterocycles. The topological polar surface area (TPSA) is 110 Å². The van der Waals surface area contributed by atoms with Gasteiger partial charge in [-0.1, -0.05) is 0 Å². The fourth-order valence-corrected chi connectivity index (χ4v) is 2.47. The summed E-state index contributed by atoms with van der Waals surface area (Å²) in [5, 5.41) is 45.3. The lowest BCUT2D eigenvalue weighted by atomic mass is 9.88. The normalized spacial score (nSPS) is 18.6. The maximum Gasteiger partial charge on any atom is 0.460 e. The fourth-order valence-electron chi connectivity index (χ4n) is 2.47. The molecule has 0 amide bonds. The molecule has 0 aliphatic carbocycles. The molecule has 0 heterocycles. The monoisotopic (exact) mass is 628 g/mol. The minimum absolute atomic E-state index is 1.17. The first-order valence-corrected chi connectivity index (χ1v) is 9.54. The van der Waals surface area contributed by atoms with Crippen LogP contribution in [0.4, 0.5) is 74.6 Å². The van der Waals surface area contributed by atoms with Gasteiger partial charge in [-0.05, 0) is 0 Å². The van der Waals surface area contributed by atoms with Crippen LogP contribution in [-0.2, 0) is 4.74 Å². The first-order valence-electron chi connectivity index (χ1n) is 9.54. The Morgan fingerprint density at radius 2 is 0.846 bits per heavy atom. The maximum absolute atomic E-state index is 13.8. The zero-order valence-electron chi connectivity index (χ0n) is 18.2. The van der Waals surface area contributed by atoms with Gasteiger partial charge < -0.3 is 30.3 Å². The number of halogens is 17. The van der Waals surface area contributed by atoms with Crippen molar-refractivity contribution in [1.29, 1.82) is 0 Å². The van der Waals surface area contributed by atoms with E-state index in [1.165, 1.54) is 0 Å². The summed E-state index contributed by atoms with van der Waals surface area (Å²) in [6.45, 7) is -4.20. The second-order valence-electron chi connectivity index (χ2n) is 7.85. The number of hydrogen-bond acceptors (Lipinski definition) is 6. The first kappa shape index (κ1) is 37.6. The van der Waals surface area contributed by atoms with Crippen LogP contribution < -0.4 is 0 Å². The Hall–Kier alpha value is -1.43. The van der Waals surface area contributed by atoms with E-state index in [4.69, 9.17) is 10.2 Å². The van der Waals surface area contributed by atoms with Crippen LogP contribution in [-0.4, -0.2) is 117 Å². The molecule has 4 atom stereocenters. The molecule has 0 radical (unpaired) electrons. The molecule has 23 heteroatoms. The molecule has 0 rings (SSSR count). The van der Waals surface area contributed by atoms with Crippen LogP contribution >= 0.6 is 0 Å². The molecular weight excluding hydrogens is 611 g/mol. The average Bonchev–Trinajstić information content (AvgIpc) is 2.75. The molecule has 6 nitrogen and oxygen atoms in total. The van der Waals surface area contributed by atoms with E-state index >= 15 is 0 Å². The first-order chi connectivity index (χ1) is 16.9. The van der Waals surface area contributed by atoms with Crippen LogP contribution in [0.3, 0.4) is 0 Å². The van der Waals surface area contributed by atoms with E-state index in [1.54, 1.807) is 0 Å². The Morgan fingerprint density at radius 3 is 1.21 bits per heavy atom. The SMILES string of the molecule is OC[C@@H](O)[C@H](O)[C@@H](O)COCC(O)CC(F)(F)C(F)(F)C(F)(F)C(F)(F)C(F)(F)C(F)(F)C(F)(F)C(F)(F)F. The number of aliphatic hydroxyl groups is 5. The Morgan fingerprint density at radius 1 is 0.487 bits per heavy atom. The summed E-state index contributed by atoms with van der Waals surface area (Å²) in [7, 11) is 0. The largest absolute Gasteiger partial charge is 0.460 e. The van der Waals surface area contributed by atoms with Crippen molar-refractivity contribution in [3.05, 3.63) is 0 Å². The number of rotatable bonds is 15. The van der Waals surface area contributed by atoms with Crippen LogP contribution in [0.2, 0.25) is 0 Å². The van der Waals surface area contributed by atoms with Gasteiger partial charge in [0.15, 0.2) is 0 Å². The third-order valence-corrected chi connectivity index (χ3v) is 4.85. The summed E-state index contributed by atoms with van der Waals surface area (Å²) in [5.74, 6) is -57.7. The molecule has 0 fully saturated rings. The molecule has 0 aromatic carbocycles. The molecular formula is C16H17F17O6. The third kappa shape index (κ3) is 6.41. The van der Waals surface area contributed by atoms with Gasteiger partial charge in [-0.2, -0.15) is 74.6 Å². The number of alkyl halides is 17. The van der Waals surface area contributed by atoms with Crippen LogP contribution in [0.5, 0.6) is 0 Å². The highest BCUT2D eigenvalue weighted by atomic mass is 19.4. The molecule has 0 saturated carbocycles. The highest BCUT2D eigenvalue weighted by Gasteiger charge is 2.95. The van der Waals surface area contributed by atoms with E-state index in [0.717, 1.165) is 0 Å². The van der Waals surface area contributed by atoms with Crippen molar-refractivity contribution >= 4 is 0 Å². The van der Waals surface area contributed by atoms with Gasteiger partial charge in [0.05, 0.1) is 25.9 Å². The highest BCUT2D eigenvalue weighted by Crippen LogP contribution is 2.64. The minimum atomic E-state index is -8.76. The lowest BCUT2D eigenvalue weighted by Gasteiger charge is -2.43. The molecule has 0 aromatic rings. The summed E-state index contributed by atoms with van der Waals surface area (Å²) >= 11 is 0. The van der Waals surface area contributed by atoms with E-state index < -0.39 is 98.3 Å². The van der Waals surface area contributed by atoms with Crippen molar-refractivity contribution in [3.63, 3.8) is 0 Å². The number of hydrogen-bond donors (Lipinski definition) is 5. The second kappa shape index (κ2) is 11.4. The van der Waals surface area contributed by atoms with Crippen molar-refractivity contribution in [3.8, 4) is 0 Å². The van der Waals surface area contributed by atoms with Gasteiger partial charge in [-0.3, -0.25) is 0 Å². The quantitative estimate of drug-likeness (QED) is 0.179. The van der Waals surface area contributed by atoms with Crippen molar-refractivity contribution in [2.24, 2.45) is 0 Å². The molecule has 1 unspecified atom stereocenters. The molecule has 0 aromatic heterocycles. The zero-order chi connectivity index (χ0) is 31.8. The van der Waals surface area contributed by atoms with E-state index in [0.29, 0.717) is 0 Å². The highest BCUT2D eigenvalue weighted by molar-refractivity contribution is 5.15. The van der Waals surface area contributed by atoms with Gasteiger partial charge in [0.25, 0.3) is 0 Å². The van der Waals surface area contributed by atoms with Gasteiger partial charge in [-0.25, -0.2) is 0 Å². The summed E-state index contributed by atoms with van der Waals surface area (Å²) in [4.78, 5) is 0. The van der Waals surface area contributed by atoms with Crippen LogP contribution in [0.25, 0.3) is 0 Å². The van der Waals surface area contributed by atoms with Crippen molar-refractivity contribution in [2.75, 3.05) is 19.8 Å². The molecule has 39 heavy (non-hydrogen) atoms. The molecule has 0 bridgehead atoms. The molecule has 0 spiro atoms. The van der Waals surface area contributed by atoms with Gasteiger partial charge in [0, 0.05) is 6.42 Å². The number of aliphatic hydroxyl groups excluding tert-OH is 5. The molecule has 236 valence electrons. The van der Waals surface area contributed by atoms with Crippen LogP contribution in [0.15, 0.2) is 0 Å².